The first-order chi connectivity index (χ1) is 10.3. The minimum Gasteiger partial charge on any atom is -0.491 e. The molecule has 1 heterocycles. The number of thiazole rings is 1. The summed E-state index contributed by atoms with van der Waals surface area (Å²) >= 11 is 3.27. The molecule has 0 bridgehead atoms. The second kappa shape index (κ2) is 6.37. The van der Waals surface area contributed by atoms with Crippen LogP contribution in [-0.2, 0) is 0 Å². The van der Waals surface area contributed by atoms with Gasteiger partial charge in [0, 0.05) is 4.90 Å². The summed E-state index contributed by atoms with van der Waals surface area (Å²) in [7, 11) is 0. The number of aromatic nitrogens is 1. The normalized spacial score (nSPS) is 10.9. The number of rotatable bonds is 5. The second-order valence-electron chi connectivity index (χ2n) is 4.57. The van der Waals surface area contributed by atoms with Crippen molar-refractivity contribution in [2.75, 3.05) is 12.3 Å². The van der Waals surface area contributed by atoms with Gasteiger partial charge in [0.2, 0.25) is 0 Å². The Hall–Kier alpha value is -1.72. The first kappa shape index (κ1) is 14.2. The molecule has 1 aromatic heterocycles. The van der Waals surface area contributed by atoms with Gasteiger partial charge in [-0.05, 0) is 30.7 Å². The molecule has 0 unspecified atom stereocenters. The van der Waals surface area contributed by atoms with Crippen molar-refractivity contribution >= 4 is 39.0 Å². The smallest absolute Gasteiger partial charge is 0.155 e. The standard InChI is InChI=1S/C16H16N2OS2/c1-2-10-19-12-7-5-9-14(15(12)17)21-16-18-11-6-3-4-8-13(11)20-16/h3-9H,2,10,17H2,1H3. The number of benzene rings is 2. The summed E-state index contributed by atoms with van der Waals surface area (Å²) < 4.78 is 7.86. The van der Waals surface area contributed by atoms with E-state index in [1.807, 2.05) is 36.4 Å². The van der Waals surface area contributed by atoms with Crippen LogP contribution in [0.25, 0.3) is 10.2 Å². The van der Waals surface area contributed by atoms with Crippen LogP contribution in [0.4, 0.5) is 5.69 Å². The van der Waals surface area contributed by atoms with Crippen molar-refractivity contribution in [3.05, 3.63) is 42.5 Å². The van der Waals surface area contributed by atoms with Gasteiger partial charge in [-0.1, -0.05) is 36.9 Å². The molecule has 0 fully saturated rings. The molecule has 0 saturated carbocycles. The number of hydrogen-bond acceptors (Lipinski definition) is 5. The van der Waals surface area contributed by atoms with Crippen LogP contribution in [0.1, 0.15) is 13.3 Å². The van der Waals surface area contributed by atoms with Crippen LogP contribution in [0.15, 0.2) is 51.7 Å². The number of nitrogens with two attached hydrogens (primary N) is 1. The first-order valence-electron chi connectivity index (χ1n) is 6.82. The van der Waals surface area contributed by atoms with E-state index in [1.165, 1.54) is 4.70 Å². The van der Waals surface area contributed by atoms with E-state index in [2.05, 4.69) is 18.0 Å². The average molecular weight is 316 g/mol. The van der Waals surface area contributed by atoms with Gasteiger partial charge in [-0.3, -0.25) is 0 Å². The van der Waals surface area contributed by atoms with E-state index in [0.717, 1.165) is 26.9 Å². The van der Waals surface area contributed by atoms with Gasteiger partial charge in [0.1, 0.15) is 5.75 Å². The lowest BCUT2D eigenvalue weighted by Gasteiger charge is -2.10. The third kappa shape index (κ3) is 3.14. The highest BCUT2D eigenvalue weighted by Gasteiger charge is 2.10. The van der Waals surface area contributed by atoms with Crippen LogP contribution in [0.2, 0.25) is 0 Å². The zero-order valence-corrected chi connectivity index (χ0v) is 13.3. The van der Waals surface area contributed by atoms with Crippen molar-refractivity contribution in [3.8, 4) is 5.75 Å². The topological polar surface area (TPSA) is 48.1 Å². The van der Waals surface area contributed by atoms with Crippen molar-refractivity contribution in [2.24, 2.45) is 0 Å². The maximum Gasteiger partial charge on any atom is 0.155 e. The van der Waals surface area contributed by atoms with Crippen LogP contribution in [0.3, 0.4) is 0 Å². The molecule has 5 heteroatoms. The number of para-hydroxylation sites is 2. The van der Waals surface area contributed by atoms with Gasteiger partial charge in [-0.15, -0.1) is 11.3 Å². The van der Waals surface area contributed by atoms with Gasteiger partial charge in [-0.2, -0.15) is 0 Å². The molecule has 0 atom stereocenters. The maximum absolute atomic E-state index is 6.20. The fraction of sp³-hybridized carbons (Fsp3) is 0.188. The van der Waals surface area contributed by atoms with Gasteiger partial charge in [0.15, 0.2) is 4.34 Å². The molecule has 108 valence electrons. The Labute approximate surface area is 132 Å². The lowest BCUT2D eigenvalue weighted by Crippen LogP contribution is -1.99. The van der Waals surface area contributed by atoms with Crippen LogP contribution in [0, 0.1) is 0 Å². The quantitative estimate of drug-likeness (QED) is 0.686. The number of hydrogen-bond donors (Lipinski definition) is 1. The van der Waals surface area contributed by atoms with Crippen molar-refractivity contribution in [2.45, 2.75) is 22.6 Å². The van der Waals surface area contributed by atoms with Gasteiger partial charge in [-0.25, -0.2) is 4.98 Å². The third-order valence-electron chi connectivity index (χ3n) is 2.96. The SMILES string of the molecule is CCCOc1cccc(Sc2nc3ccccc3s2)c1N. The lowest BCUT2D eigenvalue weighted by atomic mass is 10.3. The Morgan fingerprint density at radius 1 is 1.19 bits per heavy atom. The van der Waals surface area contributed by atoms with Crippen molar-refractivity contribution < 1.29 is 4.74 Å². The number of nitrogens with zero attached hydrogens (tertiary/aromatic N) is 1. The van der Waals surface area contributed by atoms with E-state index >= 15 is 0 Å². The molecule has 0 aliphatic rings. The maximum atomic E-state index is 6.20. The monoisotopic (exact) mass is 316 g/mol. The molecule has 0 aliphatic carbocycles. The lowest BCUT2D eigenvalue weighted by molar-refractivity contribution is 0.318. The fourth-order valence-corrected chi connectivity index (χ4v) is 4.03. The van der Waals surface area contributed by atoms with Crippen LogP contribution in [0.5, 0.6) is 5.75 Å². The van der Waals surface area contributed by atoms with E-state index in [0.29, 0.717) is 12.3 Å². The van der Waals surface area contributed by atoms with Gasteiger partial charge >= 0.3 is 0 Å². The molecule has 2 N–H and O–H groups in total. The van der Waals surface area contributed by atoms with E-state index in [9.17, 15) is 0 Å². The summed E-state index contributed by atoms with van der Waals surface area (Å²) in [5.74, 6) is 0.753. The van der Waals surface area contributed by atoms with E-state index < -0.39 is 0 Å². The second-order valence-corrected chi connectivity index (χ2v) is 6.89. The summed E-state index contributed by atoms with van der Waals surface area (Å²) in [5, 5.41) is 0. The summed E-state index contributed by atoms with van der Waals surface area (Å²) in [6.45, 7) is 2.76. The highest BCUT2D eigenvalue weighted by atomic mass is 32.2. The van der Waals surface area contributed by atoms with Gasteiger partial charge in [0.25, 0.3) is 0 Å². The molecule has 3 rings (SSSR count). The van der Waals surface area contributed by atoms with Gasteiger partial charge < -0.3 is 10.5 Å². The molecule has 0 radical (unpaired) electrons. The summed E-state index contributed by atoms with van der Waals surface area (Å²) in [6, 6.07) is 14.0. The molecular formula is C16H16N2OS2. The first-order valence-corrected chi connectivity index (χ1v) is 8.46. The van der Waals surface area contributed by atoms with Crippen molar-refractivity contribution in [3.63, 3.8) is 0 Å². The highest BCUT2D eigenvalue weighted by Crippen LogP contribution is 2.39. The van der Waals surface area contributed by atoms with Gasteiger partial charge in [0.05, 0.1) is 22.5 Å². The number of anilines is 1. The number of fused-ring (bicyclic) bond motifs is 1. The van der Waals surface area contributed by atoms with E-state index in [-0.39, 0.29) is 0 Å². The largest absolute Gasteiger partial charge is 0.491 e. The summed E-state index contributed by atoms with van der Waals surface area (Å²) in [5.41, 5.74) is 7.92. The molecule has 0 spiro atoms. The Bertz CT molecular complexity index is 722. The molecule has 3 nitrogen and oxygen atoms in total. The molecule has 0 amide bonds. The molecular weight excluding hydrogens is 300 g/mol. The summed E-state index contributed by atoms with van der Waals surface area (Å²) in [6.07, 6.45) is 0.967. The number of nitrogen functional groups attached to an aromatic ring is 1. The van der Waals surface area contributed by atoms with Crippen molar-refractivity contribution in [1.29, 1.82) is 0 Å². The molecule has 21 heavy (non-hydrogen) atoms. The number of ether oxygens (including phenoxy) is 1. The average Bonchev–Trinajstić information content (AvgIpc) is 2.90. The van der Waals surface area contributed by atoms with E-state index in [1.54, 1.807) is 23.1 Å². The molecule has 0 aliphatic heterocycles. The Morgan fingerprint density at radius 2 is 2.05 bits per heavy atom. The zero-order chi connectivity index (χ0) is 14.7. The predicted octanol–water partition coefficient (Wildman–Crippen LogP) is 4.82. The highest BCUT2D eigenvalue weighted by molar-refractivity contribution is 8.01. The molecule has 3 aromatic rings. The predicted molar refractivity (Wildman–Crippen MR) is 90.4 cm³/mol. The minimum atomic E-state index is 0.680. The molecule has 0 saturated heterocycles. The third-order valence-corrected chi connectivity index (χ3v) is 5.13. The minimum absolute atomic E-state index is 0.680. The Kier molecular flexibility index (Phi) is 4.31. The van der Waals surface area contributed by atoms with Crippen LogP contribution in [-0.4, -0.2) is 11.6 Å². The Balaban J connectivity index is 1.87. The fourth-order valence-electron chi connectivity index (χ4n) is 1.94. The van der Waals surface area contributed by atoms with Crippen molar-refractivity contribution in [1.82, 2.24) is 4.98 Å². The van der Waals surface area contributed by atoms with Crippen LogP contribution < -0.4 is 10.5 Å². The summed E-state index contributed by atoms with van der Waals surface area (Å²) in [4.78, 5) is 5.61. The molecule has 2 aromatic carbocycles. The Morgan fingerprint density at radius 3 is 2.86 bits per heavy atom. The van der Waals surface area contributed by atoms with E-state index in [4.69, 9.17) is 10.5 Å². The zero-order valence-electron chi connectivity index (χ0n) is 11.7. The van der Waals surface area contributed by atoms with Crippen LogP contribution >= 0.6 is 23.1 Å².